The predicted octanol–water partition coefficient (Wildman–Crippen LogP) is 1.63. The van der Waals surface area contributed by atoms with Gasteiger partial charge >= 0.3 is 0 Å². The van der Waals surface area contributed by atoms with E-state index in [1.165, 1.54) is 0 Å². The van der Waals surface area contributed by atoms with E-state index >= 15 is 0 Å². The fourth-order valence-corrected chi connectivity index (χ4v) is 0.474. The molecule has 2 radical (unpaired) electrons. The van der Waals surface area contributed by atoms with Gasteiger partial charge in [0.2, 0.25) is 0 Å². The average molecular weight is 310 g/mol. The Morgan fingerprint density at radius 1 is 0.857 bits per heavy atom. The minimum Gasteiger partial charge on any atom is -0.648 e. The van der Waals surface area contributed by atoms with Gasteiger partial charge in [-0.25, -0.2) is 0 Å². The van der Waals surface area contributed by atoms with Crippen molar-refractivity contribution in [1.29, 1.82) is 0 Å². The van der Waals surface area contributed by atoms with Gasteiger partial charge in [0.25, 0.3) is 0 Å². The number of rotatable bonds is 0. The maximum Gasteiger partial charge on any atom is 0 e. The van der Waals surface area contributed by atoms with Gasteiger partial charge in [-0.1, -0.05) is 41.5 Å². The molecule has 1 aromatic rings. The van der Waals surface area contributed by atoms with Crippen LogP contribution in [0.3, 0.4) is 0 Å². The van der Waals surface area contributed by atoms with Crippen LogP contribution in [-0.2, 0) is 51.3 Å². The summed E-state index contributed by atoms with van der Waals surface area (Å²) in [7, 11) is 0. The summed E-state index contributed by atoms with van der Waals surface area (Å²) < 4.78 is 0. The van der Waals surface area contributed by atoms with Crippen molar-refractivity contribution in [3.05, 3.63) is 21.9 Å². The number of hydrogen-bond donors (Lipinski definition) is 0. The Labute approximate surface area is 124 Å². The zero-order valence-electron chi connectivity index (χ0n) is 9.83. The smallest absolute Gasteiger partial charge is 0 e. The molecule has 0 N–H and O–H groups in total. The van der Waals surface area contributed by atoms with E-state index in [1.807, 2.05) is 27.7 Å². The standard InChI is InChI=1S/C5H7N2O.2C2H6.V.Y/c1-3-4(2)7-5(8)6-3;2*1-2;;/h1-2H3,(H-,6,7,8);2*1-2H3;;/q-1;;;;/p-1. The van der Waals surface area contributed by atoms with E-state index < -0.39 is 0 Å². The zero-order valence-corrected chi connectivity index (χ0v) is 14.1. The van der Waals surface area contributed by atoms with Crippen LogP contribution in [0.15, 0.2) is 4.79 Å². The Morgan fingerprint density at radius 2 is 1.07 bits per heavy atom. The van der Waals surface area contributed by atoms with Crippen LogP contribution in [0.2, 0.25) is 0 Å². The van der Waals surface area contributed by atoms with E-state index in [2.05, 4.69) is 9.97 Å². The Kier molecular flexibility index (Phi) is 27.8. The van der Waals surface area contributed by atoms with Crippen LogP contribution in [0.5, 0.6) is 0 Å². The monoisotopic (exact) mass is 310 g/mol. The number of nitrogens with zero attached hydrogens (tertiary/aromatic N) is 2. The third-order valence-electron chi connectivity index (χ3n) is 1.05. The number of aryl methyl sites for hydroxylation is 2. The Bertz CT molecular complexity index is 223. The van der Waals surface area contributed by atoms with Crippen LogP contribution >= 0.6 is 0 Å². The normalized spacial score (nSPS) is 6.43. The van der Waals surface area contributed by atoms with Crippen molar-refractivity contribution in [2.24, 2.45) is 0 Å². The van der Waals surface area contributed by atoms with E-state index in [1.54, 1.807) is 13.8 Å². The van der Waals surface area contributed by atoms with E-state index in [4.69, 9.17) is 0 Å². The van der Waals surface area contributed by atoms with Crippen LogP contribution in [-0.4, -0.2) is 0 Å². The molecule has 3 nitrogen and oxygen atoms in total. The molecule has 0 aliphatic rings. The first-order valence-electron chi connectivity index (χ1n) is 4.35. The Morgan fingerprint density at radius 3 is 1.14 bits per heavy atom. The maximum absolute atomic E-state index is 10.3. The molecule has 0 bridgehead atoms. The summed E-state index contributed by atoms with van der Waals surface area (Å²) in [6.07, 6.45) is 0. The molecule has 0 aromatic carbocycles. The minimum atomic E-state index is -0.375. The van der Waals surface area contributed by atoms with E-state index in [0.29, 0.717) is 0 Å². The third kappa shape index (κ3) is 10.8. The van der Waals surface area contributed by atoms with Crippen molar-refractivity contribution in [3.8, 4) is 0 Å². The van der Waals surface area contributed by atoms with E-state index in [9.17, 15) is 4.79 Å². The van der Waals surface area contributed by atoms with E-state index in [0.717, 1.165) is 11.4 Å². The first-order valence-corrected chi connectivity index (χ1v) is 4.35. The van der Waals surface area contributed by atoms with Gasteiger partial charge in [-0.2, -0.15) is 11.4 Å². The first-order chi connectivity index (χ1) is 5.70. The molecule has 5 heteroatoms. The molecule has 0 atom stereocenters. The summed E-state index contributed by atoms with van der Waals surface area (Å²) in [6.45, 7) is 11.5. The van der Waals surface area contributed by atoms with Crippen LogP contribution in [0.25, 0.3) is 0 Å². The Hall–Kier alpha value is 0.698. The van der Waals surface area contributed by atoms with Gasteiger partial charge in [-0.05, 0) is 5.69 Å². The first kappa shape index (κ1) is 24.1. The number of imidazole rings is 1. The zero-order chi connectivity index (χ0) is 10.1. The molecule has 0 fully saturated rings. The quantitative estimate of drug-likeness (QED) is 0.731. The van der Waals surface area contributed by atoms with Gasteiger partial charge in [0.05, 0.1) is 0 Å². The number of aromatic nitrogens is 2. The molecule has 0 saturated carbocycles. The topological polar surface area (TPSA) is 45.3 Å². The van der Waals surface area contributed by atoms with Crippen LogP contribution in [0, 0.1) is 13.8 Å². The molecule has 1 rings (SSSR count). The summed E-state index contributed by atoms with van der Waals surface area (Å²) in [5.41, 5.74) is 1.09. The SMILES string of the molecule is CC.CC.Cc1[n-]c(=O)[n-]c1C.[V].[Y]. The molecular weight excluding hydrogens is 292 g/mol. The summed E-state index contributed by atoms with van der Waals surface area (Å²) in [5.74, 6) is 0. The molecular formula is C9H18N2OVY-2. The summed E-state index contributed by atoms with van der Waals surface area (Å²) in [5, 5.41) is 0. The van der Waals surface area contributed by atoms with Crippen molar-refractivity contribution < 1.29 is 51.3 Å². The Balaban J connectivity index is -0.0000000750. The van der Waals surface area contributed by atoms with Gasteiger partial charge in [0.1, 0.15) is 0 Å². The molecule has 0 saturated heterocycles. The van der Waals surface area contributed by atoms with Crippen molar-refractivity contribution >= 4 is 0 Å². The molecule has 14 heavy (non-hydrogen) atoms. The van der Waals surface area contributed by atoms with Gasteiger partial charge in [-0.3, -0.25) is 0 Å². The molecule has 1 heterocycles. The van der Waals surface area contributed by atoms with Crippen molar-refractivity contribution in [2.75, 3.05) is 0 Å². The molecule has 0 aliphatic carbocycles. The fourth-order valence-electron chi connectivity index (χ4n) is 0.474. The van der Waals surface area contributed by atoms with Crippen LogP contribution in [0.1, 0.15) is 39.1 Å². The fraction of sp³-hybridized carbons (Fsp3) is 0.667. The van der Waals surface area contributed by atoms with Gasteiger partial charge in [0.15, 0.2) is 0 Å². The molecule has 0 amide bonds. The van der Waals surface area contributed by atoms with Crippen LogP contribution < -0.4 is 15.7 Å². The second-order valence-corrected chi connectivity index (χ2v) is 1.68. The van der Waals surface area contributed by atoms with Gasteiger partial charge in [-0.15, -0.1) is 0 Å². The molecule has 1 aromatic heterocycles. The second-order valence-electron chi connectivity index (χ2n) is 1.68. The molecule has 0 spiro atoms. The summed E-state index contributed by atoms with van der Waals surface area (Å²) in [4.78, 5) is 17.4. The van der Waals surface area contributed by atoms with Crippen LogP contribution in [0.4, 0.5) is 0 Å². The average Bonchev–Trinajstić information content (AvgIpc) is 2.37. The van der Waals surface area contributed by atoms with E-state index in [-0.39, 0.29) is 57.0 Å². The van der Waals surface area contributed by atoms with Crippen molar-refractivity contribution in [1.82, 2.24) is 9.97 Å². The molecule has 0 aliphatic heterocycles. The number of hydrogen-bond acceptors (Lipinski definition) is 1. The largest absolute Gasteiger partial charge is 0.648 e. The summed E-state index contributed by atoms with van der Waals surface area (Å²) in [6, 6.07) is 0. The second kappa shape index (κ2) is 16.1. The molecule has 0 unspecified atom stereocenters. The molecule has 80 valence electrons. The van der Waals surface area contributed by atoms with Gasteiger partial charge in [0, 0.05) is 51.3 Å². The predicted molar refractivity (Wildman–Crippen MR) is 51.5 cm³/mol. The maximum atomic E-state index is 10.3. The van der Waals surface area contributed by atoms with Crippen molar-refractivity contribution in [2.45, 2.75) is 41.5 Å². The van der Waals surface area contributed by atoms with Crippen molar-refractivity contribution in [3.63, 3.8) is 0 Å². The third-order valence-corrected chi connectivity index (χ3v) is 1.05. The minimum absolute atomic E-state index is 0. The van der Waals surface area contributed by atoms with Gasteiger partial charge < -0.3 is 14.8 Å². The summed E-state index contributed by atoms with van der Waals surface area (Å²) >= 11 is 0.